The summed E-state index contributed by atoms with van der Waals surface area (Å²) in [7, 11) is -5.23. The quantitative estimate of drug-likeness (QED) is 0.818. The van der Waals surface area contributed by atoms with Crippen LogP contribution in [0.2, 0.25) is 0 Å². The minimum absolute atomic E-state index is 0.00727. The summed E-state index contributed by atoms with van der Waals surface area (Å²) >= 11 is 1.51. The van der Waals surface area contributed by atoms with E-state index >= 15 is 0 Å². The Kier molecular flexibility index (Phi) is 4.67. The first-order chi connectivity index (χ1) is 11.3. The lowest BCUT2D eigenvalue weighted by atomic mass is 9.99. The number of hydrogen-bond donors (Lipinski definition) is 0. The lowest BCUT2D eigenvalue weighted by molar-refractivity contribution is -0.0494. The van der Waals surface area contributed by atoms with E-state index in [2.05, 4.69) is 4.98 Å². The van der Waals surface area contributed by atoms with Crippen molar-refractivity contribution in [3.63, 3.8) is 0 Å². The second-order valence-electron chi connectivity index (χ2n) is 5.55. The van der Waals surface area contributed by atoms with Crippen LogP contribution in [0.3, 0.4) is 0 Å². The molecule has 0 radical (unpaired) electrons. The molecular weight excluding hydrogens is 361 g/mol. The van der Waals surface area contributed by atoms with E-state index in [0.29, 0.717) is 17.1 Å². The number of rotatable bonds is 3. The van der Waals surface area contributed by atoms with Gasteiger partial charge in [-0.05, 0) is 18.4 Å². The molecule has 2 aromatic rings. The van der Waals surface area contributed by atoms with E-state index in [-0.39, 0.29) is 19.0 Å². The maximum Gasteiger partial charge on any atom is 0.511 e. The fraction of sp³-hybridized carbons (Fsp3) is 0.400. The number of piperidine rings is 1. The average molecular weight is 376 g/mol. The molecule has 0 unspecified atom stereocenters. The van der Waals surface area contributed by atoms with Crippen LogP contribution in [0.25, 0.3) is 10.4 Å². The van der Waals surface area contributed by atoms with Crippen LogP contribution in [-0.4, -0.2) is 36.3 Å². The van der Waals surface area contributed by atoms with Crippen LogP contribution in [0, 0.1) is 0 Å². The number of alkyl halides is 3. The molecule has 0 saturated carbocycles. The van der Waals surface area contributed by atoms with Crippen LogP contribution in [0.1, 0.15) is 23.8 Å². The number of benzene rings is 1. The molecule has 24 heavy (non-hydrogen) atoms. The van der Waals surface area contributed by atoms with Crippen LogP contribution in [0.4, 0.5) is 13.2 Å². The number of thiazole rings is 1. The van der Waals surface area contributed by atoms with Gasteiger partial charge in [0.1, 0.15) is 0 Å². The second kappa shape index (κ2) is 6.45. The van der Waals surface area contributed by atoms with Crippen molar-refractivity contribution in [1.82, 2.24) is 9.29 Å². The van der Waals surface area contributed by atoms with Gasteiger partial charge in [0.2, 0.25) is 0 Å². The second-order valence-corrected chi connectivity index (χ2v) is 8.54. The van der Waals surface area contributed by atoms with Gasteiger partial charge in [-0.3, -0.25) is 0 Å². The monoisotopic (exact) mass is 376 g/mol. The molecule has 0 N–H and O–H groups in total. The van der Waals surface area contributed by atoms with Gasteiger partial charge < -0.3 is 0 Å². The lowest BCUT2D eigenvalue weighted by Crippen LogP contribution is -2.44. The summed E-state index contributed by atoms with van der Waals surface area (Å²) < 4.78 is 61.1. The van der Waals surface area contributed by atoms with Crippen molar-refractivity contribution >= 4 is 21.4 Å². The van der Waals surface area contributed by atoms with E-state index in [9.17, 15) is 21.6 Å². The van der Waals surface area contributed by atoms with E-state index in [4.69, 9.17) is 0 Å². The van der Waals surface area contributed by atoms with Crippen molar-refractivity contribution in [2.75, 3.05) is 13.1 Å². The first-order valence-electron chi connectivity index (χ1n) is 7.36. The predicted molar refractivity (Wildman–Crippen MR) is 86.1 cm³/mol. The van der Waals surface area contributed by atoms with E-state index in [1.54, 1.807) is 6.20 Å². The highest BCUT2D eigenvalue weighted by molar-refractivity contribution is 7.90. The topological polar surface area (TPSA) is 50.3 Å². The highest BCUT2D eigenvalue weighted by Gasteiger charge is 2.50. The molecule has 1 fully saturated rings. The lowest BCUT2D eigenvalue weighted by Gasteiger charge is -2.30. The minimum Gasteiger partial charge on any atom is -0.249 e. The van der Waals surface area contributed by atoms with Gasteiger partial charge >= 0.3 is 15.5 Å². The molecule has 0 bridgehead atoms. The van der Waals surface area contributed by atoms with Gasteiger partial charge in [-0.25, -0.2) is 13.4 Å². The summed E-state index contributed by atoms with van der Waals surface area (Å²) in [4.78, 5) is 5.38. The van der Waals surface area contributed by atoms with Crippen molar-refractivity contribution in [2.45, 2.75) is 24.3 Å². The third-order valence-electron chi connectivity index (χ3n) is 4.02. The smallest absolute Gasteiger partial charge is 0.249 e. The molecule has 1 aromatic heterocycles. The van der Waals surface area contributed by atoms with E-state index in [1.165, 1.54) is 11.3 Å². The molecule has 1 aliphatic heterocycles. The number of nitrogens with zero attached hydrogens (tertiary/aromatic N) is 2. The Hall–Kier alpha value is -1.45. The van der Waals surface area contributed by atoms with Crippen molar-refractivity contribution in [3.8, 4) is 10.4 Å². The van der Waals surface area contributed by atoms with E-state index in [0.717, 1.165) is 15.4 Å². The number of halogens is 3. The van der Waals surface area contributed by atoms with E-state index in [1.807, 2.05) is 30.3 Å². The number of aromatic nitrogens is 1. The molecule has 9 heteroatoms. The summed E-state index contributed by atoms with van der Waals surface area (Å²) in [5, 5.41) is 0.845. The molecule has 0 atom stereocenters. The fourth-order valence-corrected chi connectivity index (χ4v) is 4.78. The Bertz CT molecular complexity index is 796. The van der Waals surface area contributed by atoms with E-state index < -0.39 is 15.5 Å². The molecule has 1 saturated heterocycles. The molecule has 0 spiro atoms. The molecule has 1 aliphatic rings. The normalized spacial score (nSPS) is 18.0. The van der Waals surface area contributed by atoms with Gasteiger partial charge in [-0.15, -0.1) is 11.3 Å². The van der Waals surface area contributed by atoms with Crippen molar-refractivity contribution < 1.29 is 21.6 Å². The highest BCUT2D eigenvalue weighted by atomic mass is 32.2. The van der Waals surface area contributed by atoms with Crippen molar-refractivity contribution in [1.29, 1.82) is 0 Å². The third-order valence-corrected chi connectivity index (χ3v) is 6.86. The number of sulfonamides is 1. The summed E-state index contributed by atoms with van der Waals surface area (Å²) in [5.41, 5.74) is -4.19. The fourth-order valence-electron chi connectivity index (χ4n) is 2.70. The van der Waals surface area contributed by atoms with Crippen molar-refractivity contribution in [3.05, 3.63) is 41.5 Å². The average Bonchev–Trinajstić information content (AvgIpc) is 3.05. The zero-order valence-electron chi connectivity index (χ0n) is 12.5. The van der Waals surface area contributed by atoms with Crippen LogP contribution < -0.4 is 0 Å². The zero-order chi connectivity index (χ0) is 17.4. The molecule has 2 heterocycles. The molecule has 1 aromatic carbocycles. The Morgan fingerprint density at radius 1 is 1.12 bits per heavy atom. The molecule has 3 rings (SSSR count). The van der Waals surface area contributed by atoms with Gasteiger partial charge in [0.05, 0.1) is 9.88 Å². The Labute approximate surface area is 142 Å². The maximum absolute atomic E-state index is 12.6. The molecule has 4 nitrogen and oxygen atoms in total. The van der Waals surface area contributed by atoms with Gasteiger partial charge in [-0.1, -0.05) is 30.3 Å². The molecule has 130 valence electrons. The molecule has 0 aliphatic carbocycles. The predicted octanol–water partition coefficient (Wildman–Crippen LogP) is 3.84. The highest BCUT2D eigenvalue weighted by Crippen LogP contribution is 2.37. The summed E-state index contributed by atoms with van der Waals surface area (Å²) in [5.74, 6) is -0.00727. The number of hydrogen-bond acceptors (Lipinski definition) is 4. The van der Waals surface area contributed by atoms with Crippen LogP contribution in [0.5, 0.6) is 0 Å². The van der Waals surface area contributed by atoms with Gasteiger partial charge in [-0.2, -0.15) is 17.5 Å². The molecule has 0 amide bonds. The first kappa shape index (κ1) is 17.4. The van der Waals surface area contributed by atoms with Crippen LogP contribution in [0.15, 0.2) is 36.5 Å². The SMILES string of the molecule is O=S(=O)(N1CCC(c2ncc(-c3ccccc3)s2)CC1)C(F)(F)F. The first-order valence-corrected chi connectivity index (χ1v) is 9.62. The van der Waals surface area contributed by atoms with Gasteiger partial charge in [0, 0.05) is 25.2 Å². The summed E-state index contributed by atoms with van der Waals surface area (Å²) in [6, 6.07) is 9.71. The standard InChI is InChI=1S/C15H15F3N2O2S2/c16-15(17,18)24(21,22)20-8-6-12(7-9-20)14-19-10-13(23-14)11-4-2-1-3-5-11/h1-5,10,12H,6-9H2. The summed E-state index contributed by atoms with van der Waals surface area (Å²) in [6.07, 6.45) is 2.45. The molecular formula is C15H15F3N2O2S2. The maximum atomic E-state index is 12.6. The third kappa shape index (κ3) is 3.33. The largest absolute Gasteiger partial charge is 0.511 e. The minimum atomic E-state index is -5.23. The Balaban J connectivity index is 1.69. The Morgan fingerprint density at radius 3 is 2.33 bits per heavy atom. The van der Waals surface area contributed by atoms with Crippen LogP contribution >= 0.6 is 11.3 Å². The Morgan fingerprint density at radius 2 is 1.75 bits per heavy atom. The van der Waals surface area contributed by atoms with Gasteiger partial charge in [0.25, 0.3) is 0 Å². The summed E-state index contributed by atoms with van der Waals surface area (Å²) in [6.45, 7) is -0.264. The van der Waals surface area contributed by atoms with Crippen molar-refractivity contribution in [2.24, 2.45) is 0 Å². The zero-order valence-corrected chi connectivity index (χ0v) is 14.2. The van der Waals surface area contributed by atoms with Gasteiger partial charge in [0.15, 0.2) is 0 Å². The van der Waals surface area contributed by atoms with Crippen LogP contribution in [-0.2, 0) is 10.0 Å².